The fourth-order valence-electron chi connectivity index (χ4n) is 1.89. The highest BCUT2D eigenvalue weighted by Gasteiger charge is 2.13. The first-order chi connectivity index (χ1) is 8.97. The SMILES string of the molecule is Cc1ccc(-c2cnc(CC(C)N)[nH]2)cc1[N+](=O)[O-]. The molecule has 6 heteroatoms. The van der Waals surface area contributed by atoms with Gasteiger partial charge in [0.15, 0.2) is 0 Å². The third-order valence-electron chi connectivity index (χ3n) is 2.86. The molecule has 1 aromatic carbocycles. The van der Waals surface area contributed by atoms with Gasteiger partial charge in [0.1, 0.15) is 5.82 Å². The Labute approximate surface area is 110 Å². The van der Waals surface area contributed by atoms with E-state index < -0.39 is 0 Å². The molecule has 100 valence electrons. The first-order valence-corrected chi connectivity index (χ1v) is 6.02. The van der Waals surface area contributed by atoms with E-state index in [0.29, 0.717) is 12.0 Å². The first kappa shape index (κ1) is 13.2. The molecule has 2 rings (SSSR count). The zero-order valence-electron chi connectivity index (χ0n) is 10.9. The van der Waals surface area contributed by atoms with Crippen LogP contribution >= 0.6 is 0 Å². The third kappa shape index (κ3) is 2.97. The van der Waals surface area contributed by atoms with Crippen LogP contribution in [-0.4, -0.2) is 20.9 Å². The van der Waals surface area contributed by atoms with Crippen LogP contribution in [0.5, 0.6) is 0 Å². The number of H-pyrrole nitrogens is 1. The topological polar surface area (TPSA) is 97.8 Å². The summed E-state index contributed by atoms with van der Waals surface area (Å²) < 4.78 is 0. The van der Waals surface area contributed by atoms with E-state index in [4.69, 9.17) is 5.73 Å². The molecule has 0 aliphatic rings. The number of hydrogen-bond acceptors (Lipinski definition) is 4. The number of nitrogens with one attached hydrogen (secondary N) is 1. The van der Waals surface area contributed by atoms with Crippen LogP contribution in [-0.2, 0) is 6.42 Å². The summed E-state index contributed by atoms with van der Waals surface area (Å²) in [5.41, 5.74) is 7.97. The van der Waals surface area contributed by atoms with Gasteiger partial charge in [0.2, 0.25) is 0 Å². The molecule has 0 fully saturated rings. The van der Waals surface area contributed by atoms with Crippen LogP contribution in [0.4, 0.5) is 5.69 Å². The quantitative estimate of drug-likeness (QED) is 0.650. The van der Waals surface area contributed by atoms with Crippen molar-refractivity contribution in [1.29, 1.82) is 0 Å². The second kappa shape index (κ2) is 5.19. The molecule has 0 saturated heterocycles. The van der Waals surface area contributed by atoms with Crippen molar-refractivity contribution in [2.45, 2.75) is 26.3 Å². The first-order valence-electron chi connectivity index (χ1n) is 6.02. The summed E-state index contributed by atoms with van der Waals surface area (Å²) in [6.07, 6.45) is 2.32. The number of rotatable bonds is 4. The van der Waals surface area contributed by atoms with Gasteiger partial charge in [-0.3, -0.25) is 10.1 Å². The van der Waals surface area contributed by atoms with E-state index in [9.17, 15) is 10.1 Å². The maximum Gasteiger partial charge on any atom is 0.272 e. The Kier molecular flexibility index (Phi) is 3.62. The van der Waals surface area contributed by atoms with E-state index in [2.05, 4.69) is 9.97 Å². The maximum atomic E-state index is 10.9. The summed E-state index contributed by atoms with van der Waals surface area (Å²) in [4.78, 5) is 17.9. The second-order valence-electron chi connectivity index (χ2n) is 4.68. The lowest BCUT2D eigenvalue weighted by atomic mass is 10.1. The van der Waals surface area contributed by atoms with Crippen molar-refractivity contribution >= 4 is 5.69 Å². The summed E-state index contributed by atoms with van der Waals surface area (Å²) in [5, 5.41) is 10.9. The van der Waals surface area contributed by atoms with Crippen molar-refractivity contribution in [3.05, 3.63) is 45.9 Å². The fraction of sp³-hybridized carbons (Fsp3) is 0.308. The molecule has 1 heterocycles. The number of nitro groups is 1. The third-order valence-corrected chi connectivity index (χ3v) is 2.86. The minimum absolute atomic E-state index is 0.0198. The van der Waals surface area contributed by atoms with Crippen LogP contribution in [0, 0.1) is 17.0 Å². The molecule has 2 aromatic rings. The number of nitrogens with two attached hydrogens (primary N) is 1. The molecule has 0 spiro atoms. The minimum atomic E-state index is -0.377. The number of benzene rings is 1. The van der Waals surface area contributed by atoms with Gasteiger partial charge in [-0.25, -0.2) is 4.98 Å². The molecule has 0 aliphatic heterocycles. The van der Waals surface area contributed by atoms with Crippen LogP contribution in [0.15, 0.2) is 24.4 Å². The zero-order chi connectivity index (χ0) is 14.0. The molecule has 0 radical (unpaired) electrons. The number of nitrogens with zero attached hydrogens (tertiary/aromatic N) is 2. The Morgan fingerprint density at radius 1 is 1.53 bits per heavy atom. The van der Waals surface area contributed by atoms with E-state index in [1.165, 1.54) is 0 Å². The number of aryl methyl sites for hydroxylation is 1. The molecule has 3 N–H and O–H groups in total. The Morgan fingerprint density at radius 2 is 2.26 bits per heavy atom. The van der Waals surface area contributed by atoms with Crippen molar-refractivity contribution in [1.82, 2.24) is 9.97 Å². The summed E-state index contributed by atoms with van der Waals surface area (Å²) in [5.74, 6) is 0.785. The largest absolute Gasteiger partial charge is 0.342 e. The molecule has 1 aromatic heterocycles. The lowest BCUT2D eigenvalue weighted by Crippen LogP contribution is -2.18. The Morgan fingerprint density at radius 3 is 2.89 bits per heavy atom. The predicted octanol–water partition coefficient (Wildman–Crippen LogP) is 2.18. The van der Waals surface area contributed by atoms with E-state index >= 15 is 0 Å². The maximum absolute atomic E-state index is 10.9. The number of hydrogen-bond donors (Lipinski definition) is 2. The lowest BCUT2D eigenvalue weighted by molar-refractivity contribution is -0.385. The van der Waals surface area contributed by atoms with Crippen molar-refractivity contribution in [2.24, 2.45) is 5.73 Å². The average molecular weight is 260 g/mol. The van der Waals surface area contributed by atoms with Gasteiger partial charge in [-0.2, -0.15) is 0 Å². The summed E-state index contributed by atoms with van der Waals surface area (Å²) in [7, 11) is 0. The molecule has 0 amide bonds. The van der Waals surface area contributed by atoms with Gasteiger partial charge >= 0.3 is 0 Å². The molecule has 0 saturated carbocycles. The molecule has 0 aliphatic carbocycles. The number of nitro benzene ring substituents is 1. The highest BCUT2D eigenvalue weighted by atomic mass is 16.6. The summed E-state index contributed by atoms with van der Waals surface area (Å²) >= 11 is 0. The molecule has 19 heavy (non-hydrogen) atoms. The van der Waals surface area contributed by atoms with Gasteiger partial charge in [-0.1, -0.05) is 12.1 Å². The number of imidazole rings is 1. The molecule has 1 unspecified atom stereocenters. The Hall–Kier alpha value is -2.21. The summed E-state index contributed by atoms with van der Waals surface area (Å²) in [6, 6.07) is 5.15. The normalized spacial score (nSPS) is 12.4. The van der Waals surface area contributed by atoms with E-state index in [1.807, 2.05) is 13.0 Å². The van der Waals surface area contributed by atoms with Gasteiger partial charge in [0, 0.05) is 29.7 Å². The Bertz CT molecular complexity index is 604. The van der Waals surface area contributed by atoms with Crippen LogP contribution in [0.3, 0.4) is 0 Å². The standard InChI is InChI=1S/C13H16N4O2/c1-8-3-4-10(6-12(8)17(18)19)11-7-15-13(16-11)5-9(2)14/h3-4,6-7,9H,5,14H2,1-2H3,(H,15,16). The molecule has 6 nitrogen and oxygen atoms in total. The van der Waals surface area contributed by atoms with Crippen molar-refractivity contribution in [3.63, 3.8) is 0 Å². The summed E-state index contributed by atoms with van der Waals surface area (Å²) in [6.45, 7) is 3.62. The van der Waals surface area contributed by atoms with Gasteiger partial charge in [0.05, 0.1) is 16.8 Å². The Balaban J connectivity index is 2.34. The number of aromatic amines is 1. The molecule has 0 bridgehead atoms. The molecular formula is C13H16N4O2. The lowest BCUT2D eigenvalue weighted by Gasteiger charge is -2.02. The van der Waals surface area contributed by atoms with E-state index in [-0.39, 0.29) is 16.7 Å². The van der Waals surface area contributed by atoms with Gasteiger partial charge < -0.3 is 10.7 Å². The van der Waals surface area contributed by atoms with Crippen LogP contribution in [0.2, 0.25) is 0 Å². The highest BCUT2D eigenvalue weighted by Crippen LogP contribution is 2.25. The average Bonchev–Trinajstić information content (AvgIpc) is 2.76. The smallest absolute Gasteiger partial charge is 0.272 e. The fourth-order valence-corrected chi connectivity index (χ4v) is 1.89. The highest BCUT2D eigenvalue weighted by molar-refractivity contribution is 5.63. The zero-order valence-corrected chi connectivity index (χ0v) is 10.9. The van der Waals surface area contributed by atoms with E-state index in [1.54, 1.807) is 25.3 Å². The van der Waals surface area contributed by atoms with Gasteiger partial charge in [-0.15, -0.1) is 0 Å². The van der Waals surface area contributed by atoms with Crippen molar-refractivity contribution in [3.8, 4) is 11.3 Å². The predicted molar refractivity (Wildman–Crippen MR) is 72.8 cm³/mol. The van der Waals surface area contributed by atoms with Crippen LogP contribution < -0.4 is 5.73 Å². The van der Waals surface area contributed by atoms with Crippen molar-refractivity contribution < 1.29 is 4.92 Å². The minimum Gasteiger partial charge on any atom is -0.342 e. The monoisotopic (exact) mass is 260 g/mol. The van der Waals surface area contributed by atoms with Crippen LogP contribution in [0.25, 0.3) is 11.3 Å². The van der Waals surface area contributed by atoms with Gasteiger partial charge in [0.25, 0.3) is 5.69 Å². The van der Waals surface area contributed by atoms with E-state index in [0.717, 1.165) is 17.1 Å². The molecule has 1 atom stereocenters. The van der Waals surface area contributed by atoms with Gasteiger partial charge in [-0.05, 0) is 13.8 Å². The second-order valence-corrected chi connectivity index (χ2v) is 4.68. The van der Waals surface area contributed by atoms with Crippen molar-refractivity contribution in [2.75, 3.05) is 0 Å². The number of aromatic nitrogens is 2. The van der Waals surface area contributed by atoms with Crippen LogP contribution in [0.1, 0.15) is 18.3 Å². The molecular weight excluding hydrogens is 244 g/mol.